The van der Waals surface area contributed by atoms with Gasteiger partial charge >= 0.3 is 5.97 Å². The fraction of sp³-hybridized carbons (Fsp3) is 0.615. The molecule has 0 aliphatic rings. The second-order valence-electron chi connectivity index (χ2n) is 5.45. The first kappa shape index (κ1) is 21.0. The highest BCUT2D eigenvalue weighted by atomic mass is 32.2. The first-order chi connectivity index (χ1) is 11.0. The van der Waals surface area contributed by atoms with Crippen molar-refractivity contribution >= 4 is 37.4 Å². The molecule has 0 saturated heterocycles. The summed E-state index contributed by atoms with van der Waals surface area (Å²) in [6.07, 6.45) is 0.353. The van der Waals surface area contributed by atoms with Crippen molar-refractivity contribution in [3.8, 4) is 0 Å². The highest BCUT2D eigenvalue weighted by Gasteiger charge is 2.28. The molecule has 0 spiro atoms. The molecule has 0 amide bonds. The van der Waals surface area contributed by atoms with Crippen molar-refractivity contribution in [1.82, 2.24) is 9.44 Å². The van der Waals surface area contributed by atoms with E-state index in [2.05, 4.69) is 9.44 Å². The van der Waals surface area contributed by atoms with E-state index in [-0.39, 0.29) is 16.5 Å². The average Bonchev–Trinajstić information content (AvgIpc) is 2.94. The van der Waals surface area contributed by atoms with Crippen molar-refractivity contribution < 1.29 is 26.7 Å². The SMILES string of the molecule is CCS(=O)(=O)NCCc1ccc(S(=O)(=O)NC(C(=O)O)C(C)C)s1. The van der Waals surface area contributed by atoms with E-state index in [4.69, 9.17) is 5.11 Å². The summed E-state index contributed by atoms with van der Waals surface area (Å²) in [5.74, 6) is -1.66. The number of rotatable bonds is 10. The Kier molecular flexibility index (Phi) is 7.35. The second kappa shape index (κ2) is 8.39. The van der Waals surface area contributed by atoms with Crippen LogP contribution in [0.2, 0.25) is 0 Å². The maximum absolute atomic E-state index is 12.3. The Labute approximate surface area is 146 Å². The summed E-state index contributed by atoms with van der Waals surface area (Å²) in [4.78, 5) is 11.8. The van der Waals surface area contributed by atoms with Crippen molar-refractivity contribution in [2.45, 2.75) is 37.4 Å². The molecule has 0 aliphatic carbocycles. The van der Waals surface area contributed by atoms with Gasteiger partial charge in [-0.25, -0.2) is 21.6 Å². The minimum atomic E-state index is -3.94. The predicted octanol–water partition coefficient (Wildman–Crippen LogP) is 0.617. The third-order valence-corrected chi connectivity index (χ3v) is 7.67. The molecule has 0 aromatic carbocycles. The molecular formula is C13H22N2O6S3. The fourth-order valence-corrected chi connectivity index (χ4v) is 5.09. The largest absolute Gasteiger partial charge is 0.480 e. The molecule has 11 heteroatoms. The second-order valence-corrected chi connectivity index (χ2v) is 10.7. The first-order valence-electron chi connectivity index (χ1n) is 7.29. The van der Waals surface area contributed by atoms with Crippen molar-refractivity contribution in [3.63, 3.8) is 0 Å². The van der Waals surface area contributed by atoms with Crippen molar-refractivity contribution in [1.29, 1.82) is 0 Å². The summed E-state index contributed by atoms with van der Waals surface area (Å²) in [6.45, 7) is 4.92. The van der Waals surface area contributed by atoms with Crippen LogP contribution in [-0.2, 0) is 31.3 Å². The maximum Gasteiger partial charge on any atom is 0.322 e. The number of sulfonamides is 2. The van der Waals surface area contributed by atoms with Gasteiger partial charge in [-0.3, -0.25) is 4.79 Å². The predicted molar refractivity (Wildman–Crippen MR) is 92.1 cm³/mol. The van der Waals surface area contributed by atoms with Crippen LogP contribution in [0.5, 0.6) is 0 Å². The number of hydrogen-bond acceptors (Lipinski definition) is 6. The number of carboxylic acids is 1. The summed E-state index contributed by atoms with van der Waals surface area (Å²) < 4.78 is 51.8. The lowest BCUT2D eigenvalue weighted by Gasteiger charge is -2.17. The first-order valence-corrected chi connectivity index (χ1v) is 11.2. The number of thiophene rings is 1. The summed E-state index contributed by atoms with van der Waals surface area (Å²) in [7, 11) is -7.23. The molecule has 1 aromatic rings. The number of aliphatic carboxylic acids is 1. The number of nitrogens with one attached hydrogen (secondary N) is 2. The summed E-state index contributed by atoms with van der Waals surface area (Å²) in [5, 5.41) is 9.09. The Balaban J connectivity index is 2.78. The molecule has 0 aliphatic heterocycles. The molecule has 3 N–H and O–H groups in total. The van der Waals surface area contributed by atoms with Crippen LogP contribution < -0.4 is 9.44 Å². The van der Waals surface area contributed by atoms with E-state index in [9.17, 15) is 21.6 Å². The Morgan fingerprint density at radius 1 is 1.25 bits per heavy atom. The van der Waals surface area contributed by atoms with E-state index in [0.717, 1.165) is 11.3 Å². The maximum atomic E-state index is 12.3. The molecule has 0 radical (unpaired) electrons. The van der Waals surface area contributed by atoms with Crippen molar-refractivity contribution in [3.05, 3.63) is 17.0 Å². The molecule has 1 heterocycles. The van der Waals surface area contributed by atoms with Gasteiger partial charge in [-0.05, 0) is 31.4 Å². The summed E-state index contributed by atoms with van der Waals surface area (Å²) in [6, 6.07) is 1.76. The standard InChI is InChI=1S/C13H22N2O6S3/c1-4-23(18,19)14-8-7-10-5-6-11(22-10)24(20,21)15-12(9(2)3)13(16)17/h5-6,9,12,14-15H,4,7-8H2,1-3H3,(H,16,17). The zero-order valence-corrected chi connectivity index (χ0v) is 16.1. The third-order valence-electron chi connectivity index (χ3n) is 3.19. The van der Waals surface area contributed by atoms with Gasteiger partial charge in [0.05, 0.1) is 5.75 Å². The van der Waals surface area contributed by atoms with Crippen LogP contribution in [0, 0.1) is 5.92 Å². The number of hydrogen-bond donors (Lipinski definition) is 3. The third kappa shape index (κ3) is 6.13. The molecule has 1 rings (SSSR count). The molecule has 8 nitrogen and oxygen atoms in total. The smallest absolute Gasteiger partial charge is 0.322 e. The van der Waals surface area contributed by atoms with Crippen molar-refractivity contribution in [2.24, 2.45) is 5.92 Å². The Morgan fingerprint density at radius 3 is 2.38 bits per heavy atom. The molecule has 0 saturated carbocycles. The van der Waals surface area contributed by atoms with Gasteiger partial charge < -0.3 is 5.11 Å². The Hall–Kier alpha value is -1.01. The van der Waals surface area contributed by atoms with E-state index in [1.165, 1.54) is 13.0 Å². The van der Waals surface area contributed by atoms with Crippen LogP contribution >= 0.6 is 11.3 Å². The van der Waals surface area contributed by atoms with Gasteiger partial charge in [0.1, 0.15) is 10.3 Å². The highest BCUT2D eigenvalue weighted by Crippen LogP contribution is 2.22. The van der Waals surface area contributed by atoms with Crippen molar-refractivity contribution in [2.75, 3.05) is 12.3 Å². The van der Waals surface area contributed by atoms with E-state index in [0.29, 0.717) is 11.3 Å². The van der Waals surface area contributed by atoms with E-state index in [1.54, 1.807) is 19.9 Å². The van der Waals surface area contributed by atoms with Gasteiger partial charge in [0.25, 0.3) is 10.0 Å². The van der Waals surface area contributed by atoms with Crippen LogP contribution in [-0.4, -0.2) is 46.3 Å². The van der Waals surface area contributed by atoms with E-state index < -0.39 is 38.0 Å². The van der Waals surface area contributed by atoms with Crippen LogP contribution in [0.3, 0.4) is 0 Å². The topological polar surface area (TPSA) is 130 Å². The molecule has 1 aromatic heterocycles. The highest BCUT2D eigenvalue weighted by molar-refractivity contribution is 7.91. The quantitative estimate of drug-likeness (QED) is 0.530. The summed E-state index contributed by atoms with van der Waals surface area (Å²) >= 11 is 0.985. The van der Waals surface area contributed by atoms with Gasteiger partial charge in [0.2, 0.25) is 10.0 Å². The minimum absolute atomic E-state index is 0.00255. The van der Waals surface area contributed by atoms with Crippen LogP contribution in [0.4, 0.5) is 0 Å². The Bertz CT molecular complexity index is 767. The zero-order valence-electron chi connectivity index (χ0n) is 13.6. The molecule has 1 unspecified atom stereocenters. The van der Waals surface area contributed by atoms with Gasteiger partial charge in [-0.1, -0.05) is 13.8 Å². The molecule has 24 heavy (non-hydrogen) atoms. The minimum Gasteiger partial charge on any atom is -0.480 e. The zero-order chi connectivity index (χ0) is 18.5. The molecule has 0 bridgehead atoms. The average molecular weight is 399 g/mol. The van der Waals surface area contributed by atoms with Gasteiger partial charge in [0, 0.05) is 11.4 Å². The molecule has 1 atom stereocenters. The molecule has 138 valence electrons. The van der Waals surface area contributed by atoms with Gasteiger partial charge in [0.15, 0.2) is 0 Å². The Morgan fingerprint density at radius 2 is 1.88 bits per heavy atom. The normalized spacial score (nSPS) is 14.0. The van der Waals surface area contributed by atoms with Gasteiger partial charge in [-0.15, -0.1) is 11.3 Å². The van der Waals surface area contributed by atoms with E-state index >= 15 is 0 Å². The van der Waals surface area contributed by atoms with Gasteiger partial charge in [-0.2, -0.15) is 4.72 Å². The van der Waals surface area contributed by atoms with Crippen LogP contribution in [0.15, 0.2) is 16.3 Å². The number of carbonyl (C=O) groups is 1. The van der Waals surface area contributed by atoms with E-state index in [1.807, 2.05) is 0 Å². The van der Waals surface area contributed by atoms with Crippen LogP contribution in [0.25, 0.3) is 0 Å². The van der Waals surface area contributed by atoms with Crippen LogP contribution in [0.1, 0.15) is 25.6 Å². The lowest BCUT2D eigenvalue weighted by Crippen LogP contribution is -2.43. The lowest BCUT2D eigenvalue weighted by atomic mass is 10.1. The lowest BCUT2D eigenvalue weighted by molar-refractivity contribution is -0.140. The molecular weight excluding hydrogens is 376 g/mol. The number of carboxylic acid groups (broad SMARTS) is 1. The monoisotopic (exact) mass is 398 g/mol. The molecule has 0 fully saturated rings. The summed E-state index contributed by atoms with van der Waals surface area (Å²) in [5.41, 5.74) is 0. The fourth-order valence-electron chi connectivity index (χ4n) is 1.77.